The van der Waals surface area contributed by atoms with Gasteiger partial charge in [0.1, 0.15) is 5.82 Å². The summed E-state index contributed by atoms with van der Waals surface area (Å²) in [5.41, 5.74) is 3.42. The fraction of sp³-hybridized carbons (Fsp3) is 0.107. The fourth-order valence-electron chi connectivity index (χ4n) is 2.89. The van der Waals surface area contributed by atoms with Gasteiger partial charge in [0.2, 0.25) is 5.91 Å². The predicted octanol–water partition coefficient (Wildman–Crippen LogP) is 5.88. The Morgan fingerprint density at radius 3 is 2.20 bits per heavy atom. The minimum Gasteiger partial charge on any atom is -0.343 e. The third-order valence-corrected chi connectivity index (χ3v) is 5.79. The summed E-state index contributed by atoms with van der Waals surface area (Å²) >= 11 is 1.72. The van der Waals surface area contributed by atoms with E-state index in [1.165, 1.54) is 35.4 Å². The number of carbonyl (C=O) groups is 2. The van der Waals surface area contributed by atoms with Crippen LogP contribution in [0.3, 0.4) is 0 Å². The Balaban J connectivity index is 0.000000420. The fourth-order valence-corrected chi connectivity index (χ4v) is 3.75. The molecule has 1 heterocycles. The zero-order valence-corrected chi connectivity index (χ0v) is 20.1. The molecule has 0 aliphatic rings. The molecule has 0 saturated heterocycles. The maximum atomic E-state index is 12.9. The Morgan fingerprint density at radius 1 is 0.886 bits per heavy atom. The van der Waals surface area contributed by atoms with Gasteiger partial charge >= 0.3 is 0 Å². The van der Waals surface area contributed by atoms with Gasteiger partial charge in [-0.2, -0.15) is 0 Å². The van der Waals surface area contributed by atoms with Crippen LogP contribution in [0.1, 0.15) is 21.5 Å². The minimum absolute atomic E-state index is 0.166. The number of benzene rings is 3. The average Bonchev–Trinajstić information content (AvgIpc) is 2.89. The summed E-state index contributed by atoms with van der Waals surface area (Å²) < 4.78 is 12.9. The molecule has 2 amide bonds. The van der Waals surface area contributed by atoms with Crippen LogP contribution in [0.5, 0.6) is 0 Å². The number of hydrogen-bond acceptors (Lipinski definition) is 4. The zero-order valence-electron chi connectivity index (χ0n) is 19.3. The average molecular weight is 488 g/mol. The molecule has 1 aromatic heterocycles. The predicted molar refractivity (Wildman–Crippen MR) is 139 cm³/mol. The summed E-state index contributed by atoms with van der Waals surface area (Å²) in [6, 6.07) is 26.8. The van der Waals surface area contributed by atoms with Crippen LogP contribution in [0.2, 0.25) is 0 Å². The van der Waals surface area contributed by atoms with Crippen molar-refractivity contribution in [1.82, 2.24) is 10.3 Å². The lowest BCUT2D eigenvalue weighted by Crippen LogP contribution is -2.32. The molecule has 4 aromatic rings. The molecule has 0 spiro atoms. The number of carbonyl (C=O) groups excluding carboxylic acids is 2. The Kier molecular flexibility index (Phi) is 10.0. The molecule has 0 fully saturated rings. The normalized spacial score (nSPS) is 10.0. The van der Waals surface area contributed by atoms with Crippen LogP contribution in [0.25, 0.3) is 0 Å². The molecule has 0 radical (unpaired) electrons. The number of rotatable bonds is 7. The Hall–Kier alpha value is -3.97. The molecule has 4 rings (SSSR count). The van der Waals surface area contributed by atoms with Crippen LogP contribution in [0, 0.1) is 12.7 Å². The topological polar surface area (TPSA) is 71.1 Å². The first-order valence-corrected chi connectivity index (χ1v) is 12.0. The van der Waals surface area contributed by atoms with E-state index in [4.69, 9.17) is 0 Å². The lowest BCUT2D eigenvalue weighted by Gasteiger charge is -2.08. The van der Waals surface area contributed by atoms with Crippen LogP contribution < -0.4 is 10.6 Å². The molecular weight excluding hydrogens is 461 g/mol. The van der Waals surface area contributed by atoms with Gasteiger partial charge in [0, 0.05) is 34.3 Å². The van der Waals surface area contributed by atoms with Gasteiger partial charge in [0.15, 0.2) is 0 Å². The zero-order chi connectivity index (χ0) is 24.9. The number of aromatic nitrogens is 1. The Morgan fingerprint density at radius 2 is 1.60 bits per heavy atom. The molecule has 0 bridgehead atoms. The van der Waals surface area contributed by atoms with E-state index in [2.05, 4.69) is 27.8 Å². The molecule has 35 heavy (non-hydrogen) atoms. The molecule has 2 N–H and O–H groups in total. The maximum Gasteiger partial charge on any atom is 0.251 e. The van der Waals surface area contributed by atoms with Gasteiger partial charge in [-0.3, -0.25) is 14.6 Å². The molecule has 5 nitrogen and oxygen atoms in total. The second-order valence-corrected chi connectivity index (χ2v) is 8.62. The molecular formula is C28H26FN3O2S. The number of anilines is 1. The van der Waals surface area contributed by atoms with Crippen LogP contribution in [0.15, 0.2) is 108 Å². The summed E-state index contributed by atoms with van der Waals surface area (Å²) in [7, 11) is 0. The van der Waals surface area contributed by atoms with E-state index in [1.807, 2.05) is 67.7 Å². The summed E-state index contributed by atoms with van der Waals surface area (Å²) in [4.78, 5) is 28.9. The van der Waals surface area contributed by atoms with E-state index >= 15 is 0 Å². The highest BCUT2D eigenvalue weighted by molar-refractivity contribution is 7.98. The molecule has 7 heteroatoms. The van der Waals surface area contributed by atoms with Crippen molar-refractivity contribution in [2.45, 2.75) is 17.6 Å². The summed E-state index contributed by atoms with van der Waals surface area (Å²) in [5, 5.41) is 5.25. The van der Waals surface area contributed by atoms with Crippen molar-refractivity contribution in [2.75, 3.05) is 11.9 Å². The first-order valence-electron chi connectivity index (χ1n) is 11.0. The van der Waals surface area contributed by atoms with Gasteiger partial charge in [-0.1, -0.05) is 36.4 Å². The van der Waals surface area contributed by atoms with Crippen LogP contribution in [-0.4, -0.2) is 23.3 Å². The monoisotopic (exact) mass is 487 g/mol. The molecule has 0 saturated carbocycles. The number of nitrogens with zero attached hydrogens (tertiary/aromatic N) is 1. The summed E-state index contributed by atoms with van der Waals surface area (Å²) in [5.74, 6) is -0.301. The van der Waals surface area contributed by atoms with Gasteiger partial charge in [0.05, 0.1) is 6.54 Å². The van der Waals surface area contributed by atoms with Crippen LogP contribution >= 0.6 is 11.8 Å². The van der Waals surface area contributed by atoms with Crippen molar-refractivity contribution in [3.05, 3.63) is 126 Å². The van der Waals surface area contributed by atoms with E-state index in [9.17, 15) is 14.0 Å². The second-order valence-electron chi connectivity index (χ2n) is 7.57. The molecule has 0 unspecified atom stereocenters. The van der Waals surface area contributed by atoms with Gasteiger partial charge in [-0.15, -0.1) is 11.8 Å². The highest BCUT2D eigenvalue weighted by Crippen LogP contribution is 2.24. The largest absolute Gasteiger partial charge is 0.343 e. The Labute approximate surface area is 208 Å². The number of thioether (sulfide) groups is 1. The van der Waals surface area contributed by atoms with Gasteiger partial charge < -0.3 is 10.6 Å². The summed E-state index contributed by atoms with van der Waals surface area (Å²) in [6.07, 6.45) is 3.60. The highest BCUT2D eigenvalue weighted by atomic mass is 32.2. The van der Waals surface area contributed by atoms with Crippen molar-refractivity contribution >= 4 is 29.3 Å². The number of aryl methyl sites for hydroxylation is 1. The van der Waals surface area contributed by atoms with Crippen molar-refractivity contribution in [3.8, 4) is 0 Å². The standard InChI is InChI=1S/C22H19FN2O2S.C6H7N/c23-18-8-6-17(7-9-18)22(27)24-14-21(26)25-19-10-12-20(13-11-19)28-15-16-4-2-1-3-5-16;1-6-3-2-4-7-5-6/h1-13H,14-15H2,(H,24,27)(H,25,26);2-5H,1H3. The molecule has 0 aliphatic heterocycles. The maximum absolute atomic E-state index is 12.9. The van der Waals surface area contributed by atoms with E-state index in [0.29, 0.717) is 11.3 Å². The molecule has 178 valence electrons. The molecule has 0 aliphatic carbocycles. The first-order chi connectivity index (χ1) is 17.0. The molecule has 0 atom stereocenters. The minimum atomic E-state index is -0.428. The number of amides is 2. The third-order valence-electron chi connectivity index (χ3n) is 4.71. The van der Waals surface area contributed by atoms with Gasteiger partial charge in [0.25, 0.3) is 5.91 Å². The molecule has 3 aromatic carbocycles. The quantitative estimate of drug-likeness (QED) is 0.320. The second kappa shape index (κ2) is 13.7. The number of nitrogens with one attached hydrogen (secondary N) is 2. The smallest absolute Gasteiger partial charge is 0.251 e. The first kappa shape index (κ1) is 25.6. The van der Waals surface area contributed by atoms with E-state index in [1.54, 1.807) is 18.0 Å². The van der Waals surface area contributed by atoms with Crippen molar-refractivity contribution in [1.29, 1.82) is 0 Å². The number of halogens is 1. The highest BCUT2D eigenvalue weighted by Gasteiger charge is 2.08. The Bertz CT molecular complexity index is 1200. The van der Waals surface area contributed by atoms with Gasteiger partial charge in [-0.05, 0) is 72.6 Å². The number of pyridine rings is 1. The van der Waals surface area contributed by atoms with Crippen molar-refractivity contribution in [3.63, 3.8) is 0 Å². The van der Waals surface area contributed by atoms with E-state index < -0.39 is 11.7 Å². The van der Waals surface area contributed by atoms with Crippen molar-refractivity contribution < 1.29 is 14.0 Å². The van der Waals surface area contributed by atoms with Gasteiger partial charge in [-0.25, -0.2) is 4.39 Å². The lowest BCUT2D eigenvalue weighted by molar-refractivity contribution is -0.115. The number of hydrogen-bond donors (Lipinski definition) is 2. The van der Waals surface area contributed by atoms with Crippen molar-refractivity contribution in [2.24, 2.45) is 0 Å². The SMILES string of the molecule is Cc1cccnc1.O=C(CNC(=O)c1ccc(F)cc1)Nc1ccc(SCc2ccccc2)cc1. The van der Waals surface area contributed by atoms with Crippen LogP contribution in [0.4, 0.5) is 10.1 Å². The van der Waals surface area contributed by atoms with E-state index in [-0.39, 0.29) is 12.5 Å². The third kappa shape index (κ3) is 9.43. The van der Waals surface area contributed by atoms with E-state index in [0.717, 1.165) is 10.6 Å². The lowest BCUT2D eigenvalue weighted by atomic mass is 10.2. The summed E-state index contributed by atoms with van der Waals surface area (Å²) in [6.45, 7) is 1.85. The van der Waals surface area contributed by atoms with Crippen LogP contribution in [-0.2, 0) is 10.5 Å².